The van der Waals surface area contributed by atoms with E-state index in [4.69, 9.17) is 0 Å². The summed E-state index contributed by atoms with van der Waals surface area (Å²) in [6.45, 7) is 0.416. The first kappa shape index (κ1) is 18.0. The topological polar surface area (TPSA) is 88.2 Å². The summed E-state index contributed by atoms with van der Waals surface area (Å²) in [7, 11) is -3.59. The van der Waals surface area contributed by atoms with Gasteiger partial charge >= 0.3 is 0 Å². The second kappa shape index (κ2) is 7.63. The number of aromatic nitrogens is 1. The average Bonchev–Trinajstić information content (AvgIpc) is 3.39. The van der Waals surface area contributed by atoms with Gasteiger partial charge < -0.3 is 5.32 Å². The zero-order valence-electron chi connectivity index (χ0n) is 13.4. The molecule has 6 nitrogen and oxygen atoms in total. The molecule has 0 unspecified atom stereocenters. The lowest BCUT2D eigenvalue weighted by Crippen LogP contribution is -2.28. The Morgan fingerprint density at radius 1 is 1.24 bits per heavy atom. The zero-order chi connectivity index (χ0) is 17.9. The molecule has 25 heavy (non-hydrogen) atoms. The van der Waals surface area contributed by atoms with Crippen LogP contribution in [-0.4, -0.2) is 31.9 Å². The number of carbonyl (C=O) groups is 1. The SMILES string of the molecule is O=C(NCCc1ccccn1)c1cc(S(=O)(=O)NC2CC2)ccc1Br. The molecule has 3 rings (SSSR count). The van der Waals surface area contributed by atoms with E-state index in [-0.39, 0.29) is 16.8 Å². The van der Waals surface area contributed by atoms with E-state index in [0.29, 0.717) is 23.0 Å². The summed E-state index contributed by atoms with van der Waals surface area (Å²) < 4.78 is 27.8. The highest BCUT2D eigenvalue weighted by molar-refractivity contribution is 9.10. The summed E-state index contributed by atoms with van der Waals surface area (Å²) in [5.41, 5.74) is 1.17. The van der Waals surface area contributed by atoms with Crippen molar-refractivity contribution in [1.82, 2.24) is 15.0 Å². The van der Waals surface area contributed by atoms with Crippen molar-refractivity contribution in [2.24, 2.45) is 0 Å². The molecule has 1 aromatic carbocycles. The van der Waals surface area contributed by atoms with E-state index in [1.54, 1.807) is 12.3 Å². The number of hydrogen-bond donors (Lipinski definition) is 2. The maximum atomic E-state index is 12.4. The van der Waals surface area contributed by atoms with E-state index in [1.807, 2.05) is 18.2 Å². The fourth-order valence-corrected chi connectivity index (χ4v) is 4.04. The number of hydrogen-bond acceptors (Lipinski definition) is 4. The smallest absolute Gasteiger partial charge is 0.252 e. The van der Waals surface area contributed by atoms with Crippen LogP contribution in [0.25, 0.3) is 0 Å². The lowest BCUT2D eigenvalue weighted by molar-refractivity contribution is 0.0953. The summed E-state index contributed by atoms with van der Waals surface area (Å²) in [5, 5.41) is 2.80. The molecule has 1 amide bonds. The second-order valence-corrected chi connectivity index (χ2v) is 8.43. The first-order valence-electron chi connectivity index (χ1n) is 7.96. The molecular weight excluding hydrogens is 406 g/mol. The minimum atomic E-state index is -3.59. The summed E-state index contributed by atoms with van der Waals surface area (Å²) in [4.78, 5) is 16.7. The Bertz CT molecular complexity index is 868. The Hall–Kier alpha value is -1.77. The molecule has 132 valence electrons. The molecule has 8 heteroatoms. The van der Waals surface area contributed by atoms with Crippen LogP contribution in [0.1, 0.15) is 28.9 Å². The van der Waals surface area contributed by atoms with E-state index in [1.165, 1.54) is 12.1 Å². The molecule has 0 radical (unpaired) electrons. The van der Waals surface area contributed by atoms with Gasteiger partial charge in [-0.2, -0.15) is 0 Å². The van der Waals surface area contributed by atoms with E-state index in [2.05, 4.69) is 31.0 Å². The molecule has 0 atom stereocenters. The molecule has 1 aliphatic rings. The largest absolute Gasteiger partial charge is 0.352 e. The maximum absolute atomic E-state index is 12.4. The second-order valence-electron chi connectivity index (χ2n) is 5.86. The van der Waals surface area contributed by atoms with Crippen molar-refractivity contribution >= 4 is 31.9 Å². The van der Waals surface area contributed by atoms with Crippen LogP contribution < -0.4 is 10.0 Å². The quantitative estimate of drug-likeness (QED) is 0.714. The summed E-state index contributed by atoms with van der Waals surface area (Å²) >= 11 is 3.31. The highest BCUT2D eigenvalue weighted by atomic mass is 79.9. The van der Waals surface area contributed by atoms with E-state index >= 15 is 0 Å². The number of sulfonamides is 1. The van der Waals surface area contributed by atoms with Crippen molar-refractivity contribution < 1.29 is 13.2 Å². The molecular formula is C17H18BrN3O3S. The monoisotopic (exact) mass is 423 g/mol. The molecule has 1 heterocycles. The molecule has 0 bridgehead atoms. The van der Waals surface area contributed by atoms with Gasteiger partial charge in [0.15, 0.2) is 0 Å². The van der Waals surface area contributed by atoms with Gasteiger partial charge in [0.1, 0.15) is 0 Å². The third-order valence-corrected chi connectivity index (χ3v) is 5.99. The first-order chi connectivity index (χ1) is 12.0. The summed E-state index contributed by atoms with van der Waals surface area (Å²) in [6, 6.07) is 10.1. The maximum Gasteiger partial charge on any atom is 0.252 e. The van der Waals surface area contributed by atoms with E-state index < -0.39 is 10.0 Å². The van der Waals surface area contributed by atoms with E-state index in [0.717, 1.165) is 18.5 Å². The average molecular weight is 424 g/mol. The van der Waals surface area contributed by atoms with Gasteiger partial charge in [0, 0.05) is 35.4 Å². The van der Waals surface area contributed by atoms with Crippen LogP contribution >= 0.6 is 15.9 Å². The Morgan fingerprint density at radius 2 is 2.04 bits per heavy atom. The van der Waals surface area contributed by atoms with Gasteiger partial charge in [-0.3, -0.25) is 9.78 Å². The Labute approximate surface area is 155 Å². The number of amides is 1. The highest BCUT2D eigenvalue weighted by Gasteiger charge is 2.28. The van der Waals surface area contributed by atoms with Gasteiger partial charge in [-0.1, -0.05) is 6.07 Å². The Morgan fingerprint density at radius 3 is 2.72 bits per heavy atom. The van der Waals surface area contributed by atoms with Gasteiger partial charge in [0.25, 0.3) is 5.91 Å². The summed E-state index contributed by atoms with van der Waals surface area (Å²) in [5.74, 6) is -0.328. The molecule has 0 saturated heterocycles. The molecule has 1 aromatic heterocycles. The predicted molar refractivity (Wildman–Crippen MR) is 97.8 cm³/mol. The van der Waals surface area contributed by atoms with Gasteiger partial charge in [-0.25, -0.2) is 13.1 Å². The number of carbonyl (C=O) groups excluding carboxylic acids is 1. The van der Waals surface area contributed by atoms with Crippen molar-refractivity contribution in [2.75, 3.05) is 6.54 Å². The highest BCUT2D eigenvalue weighted by Crippen LogP contribution is 2.25. The third kappa shape index (κ3) is 4.87. The normalized spacial score (nSPS) is 14.3. The molecule has 2 N–H and O–H groups in total. The minimum Gasteiger partial charge on any atom is -0.352 e. The van der Waals surface area contributed by atoms with Crippen molar-refractivity contribution in [2.45, 2.75) is 30.2 Å². The fourth-order valence-electron chi connectivity index (χ4n) is 2.28. The Kier molecular flexibility index (Phi) is 5.51. The van der Waals surface area contributed by atoms with Crippen molar-refractivity contribution in [1.29, 1.82) is 0 Å². The van der Waals surface area contributed by atoms with Crippen LogP contribution in [-0.2, 0) is 16.4 Å². The Balaban J connectivity index is 1.68. The minimum absolute atomic E-state index is 0.0179. The molecule has 1 fully saturated rings. The zero-order valence-corrected chi connectivity index (χ0v) is 15.8. The number of halogens is 1. The van der Waals surface area contributed by atoms with Gasteiger partial charge in [-0.15, -0.1) is 0 Å². The molecule has 2 aromatic rings. The van der Waals surface area contributed by atoms with Crippen LogP contribution in [0.4, 0.5) is 0 Å². The lowest BCUT2D eigenvalue weighted by atomic mass is 10.2. The first-order valence-corrected chi connectivity index (χ1v) is 10.2. The number of rotatable bonds is 7. The standard InChI is InChI=1S/C17H18BrN3O3S/c18-16-7-6-14(25(23,24)21-13-4-5-13)11-15(16)17(22)20-10-8-12-3-1-2-9-19-12/h1-3,6-7,9,11,13,21H,4-5,8,10H2,(H,20,22). The van der Waals surface area contributed by atoms with Crippen LogP contribution in [0.5, 0.6) is 0 Å². The van der Waals surface area contributed by atoms with Crippen LogP contribution in [0.2, 0.25) is 0 Å². The van der Waals surface area contributed by atoms with Gasteiger partial charge in [0.2, 0.25) is 10.0 Å². The number of nitrogens with one attached hydrogen (secondary N) is 2. The molecule has 0 spiro atoms. The van der Waals surface area contributed by atoms with Crippen molar-refractivity contribution in [3.63, 3.8) is 0 Å². The third-order valence-electron chi connectivity index (χ3n) is 3.78. The van der Waals surface area contributed by atoms with Crippen molar-refractivity contribution in [3.8, 4) is 0 Å². The fraction of sp³-hybridized carbons (Fsp3) is 0.294. The van der Waals surface area contributed by atoms with E-state index in [9.17, 15) is 13.2 Å². The van der Waals surface area contributed by atoms with Gasteiger partial charge in [0.05, 0.1) is 10.5 Å². The molecule has 1 aliphatic carbocycles. The number of nitrogens with zero attached hydrogens (tertiary/aromatic N) is 1. The number of benzene rings is 1. The molecule has 0 aliphatic heterocycles. The van der Waals surface area contributed by atoms with Crippen molar-refractivity contribution in [3.05, 3.63) is 58.3 Å². The number of pyridine rings is 1. The van der Waals surface area contributed by atoms with Gasteiger partial charge in [-0.05, 0) is 59.1 Å². The summed E-state index contributed by atoms with van der Waals surface area (Å²) in [6.07, 6.45) is 4.02. The molecule has 1 saturated carbocycles. The van der Waals surface area contributed by atoms with Crippen LogP contribution in [0, 0.1) is 0 Å². The predicted octanol–water partition coefficient (Wildman–Crippen LogP) is 2.26. The van der Waals surface area contributed by atoms with Crippen LogP contribution in [0.3, 0.4) is 0 Å². The lowest BCUT2D eigenvalue weighted by Gasteiger charge is -2.10. The van der Waals surface area contributed by atoms with Crippen LogP contribution in [0.15, 0.2) is 52.0 Å².